The number of aliphatic hydroxyl groups is 1. The van der Waals surface area contributed by atoms with E-state index in [1.54, 1.807) is 0 Å². The highest BCUT2D eigenvalue weighted by Crippen LogP contribution is 2.64. The molecular formula is C22H29NO2. The van der Waals surface area contributed by atoms with Crippen LogP contribution in [0.1, 0.15) is 56.9 Å². The zero-order chi connectivity index (χ0) is 17.0. The topological polar surface area (TPSA) is 49.3 Å². The molecule has 0 atom stereocenters. The molecule has 0 aromatic heterocycles. The third-order valence-corrected chi connectivity index (χ3v) is 8.01. The third-order valence-electron chi connectivity index (χ3n) is 8.01. The summed E-state index contributed by atoms with van der Waals surface area (Å²) in [7, 11) is 0. The molecule has 5 fully saturated rings. The Morgan fingerprint density at radius 3 is 2.16 bits per heavy atom. The maximum absolute atomic E-state index is 12.9. The molecule has 5 saturated carbocycles. The Hall–Kier alpha value is -1.35. The van der Waals surface area contributed by atoms with Gasteiger partial charge >= 0.3 is 0 Å². The second-order valence-electron chi connectivity index (χ2n) is 9.13. The van der Waals surface area contributed by atoms with Crippen molar-refractivity contribution in [2.75, 3.05) is 0 Å². The van der Waals surface area contributed by atoms with E-state index in [0.29, 0.717) is 36.1 Å². The van der Waals surface area contributed by atoms with Crippen molar-refractivity contribution in [2.45, 2.75) is 68.9 Å². The van der Waals surface area contributed by atoms with Gasteiger partial charge in [-0.3, -0.25) is 4.79 Å². The van der Waals surface area contributed by atoms with E-state index < -0.39 is 0 Å². The molecule has 3 heteroatoms. The van der Waals surface area contributed by atoms with Gasteiger partial charge in [-0.1, -0.05) is 30.3 Å². The number of benzene rings is 1. The van der Waals surface area contributed by atoms with Crippen LogP contribution in [0.15, 0.2) is 30.3 Å². The van der Waals surface area contributed by atoms with Crippen LogP contribution in [-0.2, 0) is 10.2 Å². The maximum Gasteiger partial charge on any atom is 0.221 e. The molecule has 5 aliphatic rings. The van der Waals surface area contributed by atoms with Crippen molar-refractivity contribution < 1.29 is 9.90 Å². The highest BCUT2D eigenvalue weighted by atomic mass is 16.3. The van der Waals surface area contributed by atoms with Crippen LogP contribution in [0.2, 0.25) is 0 Å². The van der Waals surface area contributed by atoms with E-state index in [9.17, 15) is 9.90 Å². The normalized spacial score (nSPS) is 42.2. The Balaban J connectivity index is 1.48. The summed E-state index contributed by atoms with van der Waals surface area (Å²) in [6.07, 6.45) is 8.48. The van der Waals surface area contributed by atoms with Gasteiger partial charge in [0.05, 0.1) is 6.10 Å². The van der Waals surface area contributed by atoms with Crippen molar-refractivity contribution in [2.24, 2.45) is 23.7 Å². The average Bonchev–Trinajstić information content (AvgIpc) is 2.57. The predicted molar refractivity (Wildman–Crippen MR) is 97.0 cm³/mol. The van der Waals surface area contributed by atoms with E-state index in [1.165, 1.54) is 12.0 Å². The number of nitrogens with one attached hydrogen (secondary N) is 1. The van der Waals surface area contributed by atoms with Crippen LogP contribution in [0, 0.1) is 23.7 Å². The molecule has 6 rings (SSSR count). The number of carbonyl (C=O) groups is 1. The summed E-state index contributed by atoms with van der Waals surface area (Å²) in [5.74, 6) is 2.28. The van der Waals surface area contributed by atoms with E-state index in [2.05, 4.69) is 35.6 Å². The predicted octanol–water partition coefficient (Wildman–Crippen LogP) is 3.41. The fourth-order valence-electron chi connectivity index (χ4n) is 6.67. The zero-order valence-electron chi connectivity index (χ0n) is 14.9. The first-order valence-corrected chi connectivity index (χ1v) is 10.2. The van der Waals surface area contributed by atoms with Gasteiger partial charge in [0.2, 0.25) is 5.91 Å². The van der Waals surface area contributed by atoms with Gasteiger partial charge in [0.25, 0.3) is 0 Å². The molecule has 0 heterocycles. The molecule has 0 unspecified atom stereocenters. The highest BCUT2D eigenvalue weighted by Gasteiger charge is 2.61. The molecule has 25 heavy (non-hydrogen) atoms. The molecule has 0 spiro atoms. The van der Waals surface area contributed by atoms with E-state index in [4.69, 9.17) is 0 Å². The number of amides is 1. The number of aliphatic hydroxyl groups excluding tert-OH is 1. The Morgan fingerprint density at radius 1 is 1.04 bits per heavy atom. The molecular weight excluding hydrogens is 310 g/mol. The van der Waals surface area contributed by atoms with Gasteiger partial charge in [-0.05, 0) is 74.2 Å². The summed E-state index contributed by atoms with van der Waals surface area (Å²) in [4.78, 5) is 12.9. The number of rotatable bonds is 4. The maximum atomic E-state index is 12.9. The molecule has 4 bridgehead atoms. The Kier molecular flexibility index (Phi) is 3.70. The van der Waals surface area contributed by atoms with Crippen molar-refractivity contribution >= 4 is 5.91 Å². The molecule has 1 aromatic rings. The van der Waals surface area contributed by atoms with Gasteiger partial charge in [-0.15, -0.1) is 0 Å². The molecule has 1 aromatic carbocycles. The Bertz CT molecular complexity index is 621. The van der Waals surface area contributed by atoms with Crippen LogP contribution in [-0.4, -0.2) is 23.2 Å². The van der Waals surface area contributed by atoms with E-state index in [0.717, 1.165) is 38.5 Å². The average molecular weight is 339 g/mol. The second-order valence-corrected chi connectivity index (χ2v) is 9.13. The molecule has 3 nitrogen and oxygen atoms in total. The quantitative estimate of drug-likeness (QED) is 0.883. The SMILES string of the molecule is O=C(CC1(c2ccccc2)C2CC3CC1CC(C2)C3O)NC1CCC1. The molecule has 0 radical (unpaired) electrons. The van der Waals surface area contributed by atoms with Crippen LogP contribution < -0.4 is 5.32 Å². The molecule has 2 N–H and O–H groups in total. The summed E-state index contributed by atoms with van der Waals surface area (Å²) >= 11 is 0. The monoisotopic (exact) mass is 339 g/mol. The Labute approximate surface area is 150 Å². The van der Waals surface area contributed by atoms with Gasteiger partial charge in [0.15, 0.2) is 0 Å². The fraction of sp³-hybridized carbons (Fsp3) is 0.682. The van der Waals surface area contributed by atoms with Crippen LogP contribution in [0.5, 0.6) is 0 Å². The first-order valence-electron chi connectivity index (χ1n) is 10.2. The lowest BCUT2D eigenvalue weighted by molar-refractivity contribution is -0.148. The van der Waals surface area contributed by atoms with Gasteiger partial charge in [0.1, 0.15) is 0 Å². The summed E-state index contributed by atoms with van der Waals surface area (Å²) < 4.78 is 0. The minimum atomic E-state index is -0.0925. The molecule has 0 saturated heterocycles. The molecule has 1 amide bonds. The van der Waals surface area contributed by atoms with Crippen molar-refractivity contribution in [1.29, 1.82) is 0 Å². The summed E-state index contributed by atoms with van der Waals surface area (Å²) in [5, 5.41) is 13.8. The van der Waals surface area contributed by atoms with E-state index >= 15 is 0 Å². The Morgan fingerprint density at radius 2 is 1.64 bits per heavy atom. The van der Waals surface area contributed by atoms with Crippen LogP contribution in [0.3, 0.4) is 0 Å². The lowest BCUT2D eigenvalue weighted by Gasteiger charge is -2.63. The lowest BCUT2D eigenvalue weighted by atomic mass is 9.42. The lowest BCUT2D eigenvalue weighted by Crippen LogP contribution is -2.61. The standard InChI is InChI=1S/C22H29NO2/c24-20(23-19-7-4-8-19)13-22(16-5-2-1-3-6-16)17-9-14-10-18(22)12-15(11-17)21(14)25/h1-3,5-6,14-15,17-19,21,25H,4,7-13H2,(H,23,24). The molecule has 5 aliphatic carbocycles. The van der Waals surface area contributed by atoms with Crippen LogP contribution in [0.25, 0.3) is 0 Å². The summed E-state index contributed by atoms with van der Waals surface area (Å²) in [5.41, 5.74) is 1.35. The molecule has 134 valence electrons. The second kappa shape index (κ2) is 5.84. The van der Waals surface area contributed by atoms with Crippen LogP contribution >= 0.6 is 0 Å². The highest BCUT2D eigenvalue weighted by molar-refractivity contribution is 5.78. The first kappa shape index (κ1) is 15.9. The van der Waals surface area contributed by atoms with E-state index in [-0.39, 0.29) is 17.4 Å². The van der Waals surface area contributed by atoms with Crippen molar-refractivity contribution in [3.63, 3.8) is 0 Å². The van der Waals surface area contributed by atoms with E-state index in [1.807, 2.05) is 0 Å². The third kappa shape index (κ3) is 2.38. The van der Waals surface area contributed by atoms with Crippen molar-refractivity contribution in [3.05, 3.63) is 35.9 Å². The van der Waals surface area contributed by atoms with Gasteiger partial charge in [-0.2, -0.15) is 0 Å². The number of hydrogen-bond donors (Lipinski definition) is 2. The minimum Gasteiger partial charge on any atom is -0.393 e. The smallest absolute Gasteiger partial charge is 0.221 e. The van der Waals surface area contributed by atoms with Gasteiger partial charge in [-0.25, -0.2) is 0 Å². The van der Waals surface area contributed by atoms with Crippen LogP contribution in [0.4, 0.5) is 0 Å². The number of carbonyl (C=O) groups excluding carboxylic acids is 1. The summed E-state index contributed by atoms with van der Waals surface area (Å²) in [6.45, 7) is 0. The van der Waals surface area contributed by atoms with Crippen molar-refractivity contribution in [3.8, 4) is 0 Å². The fourth-order valence-corrected chi connectivity index (χ4v) is 6.67. The number of hydrogen-bond acceptors (Lipinski definition) is 2. The minimum absolute atomic E-state index is 0.0117. The summed E-state index contributed by atoms with van der Waals surface area (Å²) in [6, 6.07) is 11.2. The van der Waals surface area contributed by atoms with Gasteiger partial charge < -0.3 is 10.4 Å². The first-order chi connectivity index (χ1) is 12.2. The van der Waals surface area contributed by atoms with Crippen molar-refractivity contribution in [1.82, 2.24) is 5.32 Å². The van der Waals surface area contributed by atoms with Gasteiger partial charge in [0, 0.05) is 17.9 Å². The molecule has 0 aliphatic heterocycles. The zero-order valence-corrected chi connectivity index (χ0v) is 14.9. The largest absolute Gasteiger partial charge is 0.393 e.